The van der Waals surface area contributed by atoms with Crippen molar-refractivity contribution in [1.29, 1.82) is 0 Å². The topological polar surface area (TPSA) is 32.5 Å². The van der Waals surface area contributed by atoms with E-state index in [1.807, 2.05) is 18.2 Å². The van der Waals surface area contributed by atoms with E-state index in [0.29, 0.717) is 11.6 Å². The van der Waals surface area contributed by atoms with Crippen LogP contribution in [0.15, 0.2) is 18.2 Å². The zero-order valence-electron chi connectivity index (χ0n) is 12.0. The first-order valence-corrected chi connectivity index (χ1v) is 8.02. The first-order valence-electron chi connectivity index (χ1n) is 7.27. The van der Waals surface area contributed by atoms with Gasteiger partial charge >= 0.3 is 0 Å². The van der Waals surface area contributed by atoms with E-state index < -0.39 is 0 Å². The predicted molar refractivity (Wildman–Crippen MR) is 86.6 cm³/mol. The Bertz CT molecular complexity index is 431. The number of nitrogens with two attached hydrogens (primary N) is 1. The SMILES string of the molecule is CCCN1CCN(C(CN)c2cc(Cl)ccc2Cl)CC1. The largest absolute Gasteiger partial charge is 0.329 e. The summed E-state index contributed by atoms with van der Waals surface area (Å²) in [5.74, 6) is 0. The molecular weight excluding hydrogens is 293 g/mol. The molecule has 0 radical (unpaired) electrons. The number of piperazine rings is 1. The Morgan fingerprint density at radius 2 is 1.90 bits per heavy atom. The van der Waals surface area contributed by atoms with Gasteiger partial charge in [0.2, 0.25) is 0 Å². The van der Waals surface area contributed by atoms with E-state index in [1.54, 1.807) is 0 Å². The highest BCUT2D eigenvalue weighted by Crippen LogP contribution is 2.30. The minimum absolute atomic E-state index is 0.157. The van der Waals surface area contributed by atoms with Gasteiger partial charge in [-0.2, -0.15) is 0 Å². The van der Waals surface area contributed by atoms with Crippen molar-refractivity contribution in [2.24, 2.45) is 5.73 Å². The van der Waals surface area contributed by atoms with E-state index in [2.05, 4.69) is 16.7 Å². The van der Waals surface area contributed by atoms with Crippen LogP contribution in [0.5, 0.6) is 0 Å². The second kappa shape index (κ2) is 7.62. The van der Waals surface area contributed by atoms with Gasteiger partial charge in [-0.1, -0.05) is 30.1 Å². The molecule has 1 aromatic rings. The number of hydrogen-bond acceptors (Lipinski definition) is 3. The molecule has 1 heterocycles. The van der Waals surface area contributed by atoms with Gasteiger partial charge in [0.25, 0.3) is 0 Å². The summed E-state index contributed by atoms with van der Waals surface area (Å²) in [5.41, 5.74) is 7.04. The van der Waals surface area contributed by atoms with Crippen LogP contribution < -0.4 is 5.73 Å². The molecule has 1 fully saturated rings. The summed E-state index contributed by atoms with van der Waals surface area (Å²) >= 11 is 12.4. The quantitative estimate of drug-likeness (QED) is 0.906. The highest BCUT2D eigenvalue weighted by Gasteiger charge is 2.25. The maximum absolute atomic E-state index is 6.32. The van der Waals surface area contributed by atoms with Gasteiger partial charge in [0.15, 0.2) is 0 Å². The van der Waals surface area contributed by atoms with Gasteiger partial charge < -0.3 is 10.6 Å². The standard InChI is InChI=1S/C15H23Cl2N3/c1-2-5-19-6-8-20(9-7-19)15(11-18)13-10-12(16)3-4-14(13)17/h3-4,10,15H,2,5-9,11,18H2,1H3. The normalized spacial score (nSPS) is 19.2. The Morgan fingerprint density at radius 3 is 2.50 bits per heavy atom. The molecule has 0 bridgehead atoms. The fourth-order valence-electron chi connectivity index (χ4n) is 2.86. The first kappa shape index (κ1) is 16.1. The smallest absolute Gasteiger partial charge is 0.0486 e. The number of hydrogen-bond donors (Lipinski definition) is 1. The number of halogens is 2. The molecule has 0 aromatic heterocycles. The zero-order chi connectivity index (χ0) is 14.5. The van der Waals surface area contributed by atoms with Crippen molar-refractivity contribution in [3.05, 3.63) is 33.8 Å². The Morgan fingerprint density at radius 1 is 1.20 bits per heavy atom. The molecule has 1 unspecified atom stereocenters. The fourth-order valence-corrected chi connectivity index (χ4v) is 3.28. The third-order valence-corrected chi connectivity index (χ3v) is 4.51. The van der Waals surface area contributed by atoms with E-state index in [1.165, 1.54) is 13.0 Å². The third-order valence-electron chi connectivity index (χ3n) is 3.93. The Labute approximate surface area is 131 Å². The van der Waals surface area contributed by atoms with Crippen LogP contribution in [0.1, 0.15) is 24.9 Å². The fraction of sp³-hybridized carbons (Fsp3) is 0.600. The molecule has 2 N–H and O–H groups in total. The van der Waals surface area contributed by atoms with Gasteiger partial charge in [0, 0.05) is 48.8 Å². The molecule has 2 rings (SSSR count). The monoisotopic (exact) mass is 315 g/mol. The minimum atomic E-state index is 0.157. The van der Waals surface area contributed by atoms with E-state index >= 15 is 0 Å². The van der Waals surface area contributed by atoms with Gasteiger partial charge in [-0.3, -0.25) is 4.90 Å². The number of benzene rings is 1. The minimum Gasteiger partial charge on any atom is -0.329 e. The van der Waals surface area contributed by atoms with E-state index in [9.17, 15) is 0 Å². The maximum atomic E-state index is 6.32. The van der Waals surface area contributed by atoms with Crippen molar-refractivity contribution < 1.29 is 0 Å². The Kier molecular flexibility index (Phi) is 6.12. The van der Waals surface area contributed by atoms with Crippen molar-refractivity contribution >= 4 is 23.2 Å². The summed E-state index contributed by atoms with van der Waals surface area (Å²) in [6, 6.07) is 5.78. The summed E-state index contributed by atoms with van der Waals surface area (Å²) < 4.78 is 0. The van der Waals surface area contributed by atoms with Gasteiger partial charge in [-0.05, 0) is 36.7 Å². The van der Waals surface area contributed by atoms with E-state index in [-0.39, 0.29) is 6.04 Å². The van der Waals surface area contributed by atoms with Crippen molar-refractivity contribution in [2.45, 2.75) is 19.4 Å². The van der Waals surface area contributed by atoms with Crippen molar-refractivity contribution in [2.75, 3.05) is 39.3 Å². The lowest BCUT2D eigenvalue weighted by Gasteiger charge is -2.39. The van der Waals surface area contributed by atoms with Gasteiger partial charge in [0.05, 0.1) is 0 Å². The number of rotatable bonds is 5. The average Bonchev–Trinajstić information content (AvgIpc) is 2.45. The summed E-state index contributed by atoms with van der Waals surface area (Å²) in [6.45, 7) is 8.23. The molecule has 0 aliphatic carbocycles. The molecule has 3 nitrogen and oxygen atoms in total. The van der Waals surface area contributed by atoms with Crippen LogP contribution in [0.2, 0.25) is 10.0 Å². The molecule has 5 heteroatoms. The molecule has 1 atom stereocenters. The van der Waals surface area contributed by atoms with Crippen LogP contribution in [-0.4, -0.2) is 49.1 Å². The summed E-state index contributed by atoms with van der Waals surface area (Å²) in [7, 11) is 0. The first-order chi connectivity index (χ1) is 9.65. The summed E-state index contributed by atoms with van der Waals surface area (Å²) in [6.07, 6.45) is 1.21. The van der Waals surface area contributed by atoms with E-state index in [0.717, 1.165) is 36.8 Å². The summed E-state index contributed by atoms with van der Waals surface area (Å²) in [4.78, 5) is 4.92. The highest BCUT2D eigenvalue weighted by molar-refractivity contribution is 6.33. The van der Waals surface area contributed by atoms with Gasteiger partial charge in [-0.15, -0.1) is 0 Å². The van der Waals surface area contributed by atoms with Crippen LogP contribution in [-0.2, 0) is 0 Å². The lowest BCUT2D eigenvalue weighted by molar-refractivity contribution is 0.0986. The molecular formula is C15H23Cl2N3. The van der Waals surface area contributed by atoms with Crippen LogP contribution in [0.4, 0.5) is 0 Å². The highest BCUT2D eigenvalue weighted by atomic mass is 35.5. The Hall–Kier alpha value is -0.320. The van der Waals surface area contributed by atoms with Crippen LogP contribution >= 0.6 is 23.2 Å². The molecule has 1 aliphatic rings. The second-order valence-electron chi connectivity index (χ2n) is 5.29. The van der Waals surface area contributed by atoms with Gasteiger partial charge in [-0.25, -0.2) is 0 Å². The lowest BCUT2D eigenvalue weighted by atomic mass is 10.0. The molecule has 0 saturated carbocycles. The molecule has 1 aromatic carbocycles. The average molecular weight is 316 g/mol. The Balaban J connectivity index is 2.07. The molecule has 1 saturated heterocycles. The predicted octanol–water partition coefficient (Wildman–Crippen LogP) is 3.02. The van der Waals surface area contributed by atoms with Gasteiger partial charge in [0.1, 0.15) is 0 Å². The third kappa shape index (κ3) is 3.86. The van der Waals surface area contributed by atoms with Crippen LogP contribution in [0.3, 0.4) is 0 Å². The number of nitrogens with zero attached hydrogens (tertiary/aromatic N) is 2. The second-order valence-corrected chi connectivity index (χ2v) is 6.14. The molecule has 20 heavy (non-hydrogen) atoms. The van der Waals surface area contributed by atoms with Crippen LogP contribution in [0.25, 0.3) is 0 Å². The van der Waals surface area contributed by atoms with Crippen molar-refractivity contribution in [3.63, 3.8) is 0 Å². The maximum Gasteiger partial charge on any atom is 0.0486 e. The molecule has 112 valence electrons. The molecule has 0 amide bonds. The lowest BCUT2D eigenvalue weighted by Crippen LogP contribution is -2.49. The van der Waals surface area contributed by atoms with Crippen LogP contribution in [0, 0.1) is 0 Å². The summed E-state index contributed by atoms with van der Waals surface area (Å²) in [5, 5.41) is 1.47. The van der Waals surface area contributed by atoms with Crippen molar-refractivity contribution in [1.82, 2.24) is 9.80 Å². The zero-order valence-corrected chi connectivity index (χ0v) is 13.5. The molecule has 1 aliphatic heterocycles. The molecule has 0 spiro atoms. The van der Waals surface area contributed by atoms with Crippen molar-refractivity contribution in [3.8, 4) is 0 Å². The van der Waals surface area contributed by atoms with E-state index in [4.69, 9.17) is 28.9 Å².